The molecule has 0 heterocycles. The minimum Gasteiger partial charge on any atom is -0.371 e. The fourth-order valence-electron chi connectivity index (χ4n) is 1.42. The molecule has 0 radical (unpaired) electrons. The van der Waals surface area contributed by atoms with Gasteiger partial charge in [0.25, 0.3) is 0 Å². The van der Waals surface area contributed by atoms with E-state index in [9.17, 15) is 0 Å². The van der Waals surface area contributed by atoms with Crippen LogP contribution in [0.5, 0.6) is 0 Å². The van der Waals surface area contributed by atoms with E-state index in [-0.39, 0.29) is 0 Å². The molecule has 0 spiro atoms. The third-order valence-electron chi connectivity index (χ3n) is 2.08. The van der Waals surface area contributed by atoms with E-state index in [0.717, 1.165) is 6.42 Å². The quantitative estimate of drug-likeness (QED) is 0.437. The second kappa shape index (κ2) is 10.0. The van der Waals surface area contributed by atoms with Gasteiger partial charge < -0.3 is 13.3 Å². The molecular formula is C12H26O3Si. The third-order valence-corrected chi connectivity index (χ3v) is 4.80. The maximum absolute atomic E-state index is 5.70. The highest BCUT2D eigenvalue weighted by atomic mass is 28.4. The summed E-state index contributed by atoms with van der Waals surface area (Å²) in [7, 11) is -2.53. The van der Waals surface area contributed by atoms with Crippen LogP contribution in [0.3, 0.4) is 0 Å². The van der Waals surface area contributed by atoms with Crippen LogP contribution in [-0.2, 0) is 13.3 Å². The highest BCUT2D eigenvalue weighted by Crippen LogP contribution is 2.12. The average Bonchev–Trinajstić information content (AvgIpc) is 2.26. The van der Waals surface area contributed by atoms with Gasteiger partial charge in [-0.25, -0.2) is 0 Å². The zero-order chi connectivity index (χ0) is 12.3. The van der Waals surface area contributed by atoms with Crippen molar-refractivity contribution in [2.24, 2.45) is 0 Å². The van der Waals surface area contributed by atoms with Gasteiger partial charge in [-0.1, -0.05) is 25.8 Å². The lowest BCUT2D eigenvalue weighted by atomic mass is 10.2. The first-order chi connectivity index (χ1) is 7.74. The standard InChI is InChI=1S/C12H26O3Si/c1-5-9-10-11-12-16(13-6-2,14-7-3)15-8-4/h11-12H,5-10H2,1-4H3/b12-11+. The Balaban J connectivity index is 4.39. The van der Waals surface area contributed by atoms with Crippen LogP contribution in [0.25, 0.3) is 0 Å². The van der Waals surface area contributed by atoms with Crippen molar-refractivity contribution in [2.75, 3.05) is 19.8 Å². The molecule has 96 valence electrons. The average molecular weight is 246 g/mol. The predicted octanol–water partition coefficient (Wildman–Crippen LogP) is 3.32. The van der Waals surface area contributed by atoms with Gasteiger partial charge in [0.05, 0.1) is 0 Å². The molecule has 0 saturated carbocycles. The maximum Gasteiger partial charge on any atom is 0.529 e. The summed E-state index contributed by atoms with van der Waals surface area (Å²) in [6.45, 7) is 9.99. The highest BCUT2D eigenvalue weighted by Gasteiger charge is 2.37. The van der Waals surface area contributed by atoms with Crippen molar-refractivity contribution in [1.29, 1.82) is 0 Å². The maximum atomic E-state index is 5.70. The molecule has 0 aromatic rings. The Labute approximate surface area is 101 Å². The molecular weight excluding hydrogens is 220 g/mol. The Bertz CT molecular complexity index is 166. The fraction of sp³-hybridized carbons (Fsp3) is 0.833. The molecule has 0 aliphatic carbocycles. The van der Waals surface area contributed by atoms with Crippen LogP contribution in [-0.4, -0.2) is 28.6 Å². The molecule has 0 unspecified atom stereocenters. The second-order valence-electron chi connectivity index (χ2n) is 3.45. The van der Waals surface area contributed by atoms with Gasteiger partial charge in [-0.2, -0.15) is 0 Å². The smallest absolute Gasteiger partial charge is 0.371 e. The Morgan fingerprint density at radius 3 is 1.75 bits per heavy atom. The summed E-state index contributed by atoms with van der Waals surface area (Å²) in [5, 5.41) is 0. The molecule has 4 heteroatoms. The van der Waals surface area contributed by atoms with E-state index in [2.05, 4.69) is 13.0 Å². The second-order valence-corrected chi connectivity index (χ2v) is 5.85. The lowest BCUT2D eigenvalue weighted by Gasteiger charge is -2.25. The van der Waals surface area contributed by atoms with Crippen molar-refractivity contribution < 1.29 is 13.3 Å². The molecule has 0 aromatic carbocycles. The molecule has 0 saturated heterocycles. The van der Waals surface area contributed by atoms with Crippen LogP contribution >= 0.6 is 0 Å². The van der Waals surface area contributed by atoms with Gasteiger partial charge in [0, 0.05) is 19.8 Å². The van der Waals surface area contributed by atoms with Gasteiger partial charge in [-0.05, 0) is 32.9 Å². The number of hydrogen-bond acceptors (Lipinski definition) is 3. The number of hydrogen-bond donors (Lipinski definition) is 0. The third kappa shape index (κ3) is 6.43. The summed E-state index contributed by atoms with van der Waals surface area (Å²) < 4.78 is 17.1. The van der Waals surface area contributed by atoms with Crippen molar-refractivity contribution in [2.45, 2.75) is 47.0 Å². The molecule has 0 amide bonds. The number of allylic oxidation sites excluding steroid dienone is 1. The van der Waals surface area contributed by atoms with Crippen LogP contribution in [0, 0.1) is 0 Å². The summed E-state index contributed by atoms with van der Waals surface area (Å²) in [6.07, 6.45) is 5.61. The van der Waals surface area contributed by atoms with E-state index in [0.29, 0.717) is 19.8 Å². The summed E-state index contributed by atoms with van der Waals surface area (Å²) >= 11 is 0. The van der Waals surface area contributed by atoms with Crippen molar-refractivity contribution in [3.63, 3.8) is 0 Å². The van der Waals surface area contributed by atoms with Crippen molar-refractivity contribution in [1.82, 2.24) is 0 Å². The Kier molecular flexibility index (Phi) is 9.92. The van der Waals surface area contributed by atoms with E-state index in [1.807, 2.05) is 26.5 Å². The largest absolute Gasteiger partial charge is 0.529 e. The molecule has 0 N–H and O–H groups in total. The van der Waals surface area contributed by atoms with E-state index < -0.39 is 8.80 Å². The molecule has 0 bridgehead atoms. The summed E-state index contributed by atoms with van der Waals surface area (Å²) in [5.41, 5.74) is 2.03. The van der Waals surface area contributed by atoms with E-state index in [1.165, 1.54) is 12.8 Å². The van der Waals surface area contributed by atoms with Crippen LogP contribution in [0.1, 0.15) is 47.0 Å². The molecule has 0 rings (SSSR count). The SMILES string of the molecule is CCCC/C=C/[Si](OCC)(OCC)OCC. The van der Waals surface area contributed by atoms with E-state index in [4.69, 9.17) is 13.3 Å². The molecule has 16 heavy (non-hydrogen) atoms. The van der Waals surface area contributed by atoms with Crippen molar-refractivity contribution in [3.8, 4) is 0 Å². The van der Waals surface area contributed by atoms with Crippen LogP contribution in [0.2, 0.25) is 0 Å². The summed E-state index contributed by atoms with van der Waals surface area (Å²) in [5.74, 6) is 0. The van der Waals surface area contributed by atoms with Gasteiger partial charge in [-0.15, -0.1) is 0 Å². The van der Waals surface area contributed by atoms with E-state index in [1.54, 1.807) is 0 Å². The topological polar surface area (TPSA) is 27.7 Å². The first-order valence-electron chi connectivity index (χ1n) is 6.34. The Morgan fingerprint density at radius 2 is 1.38 bits per heavy atom. The Hall–Kier alpha value is -0.163. The van der Waals surface area contributed by atoms with Crippen LogP contribution < -0.4 is 0 Å². The minimum absolute atomic E-state index is 0.629. The zero-order valence-electron chi connectivity index (χ0n) is 11.1. The van der Waals surface area contributed by atoms with Gasteiger partial charge in [0.15, 0.2) is 0 Å². The van der Waals surface area contributed by atoms with Gasteiger partial charge >= 0.3 is 8.80 Å². The molecule has 0 aromatic heterocycles. The predicted molar refractivity (Wildman–Crippen MR) is 69.3 cm³/mol. The molecule has 0 aliphatic rings. The lowest BCUT2D eigenvalue weighted by Crippen LogP contribution is -2.44. The zero-order valence-corrected chi connectivity index (χ0v) is 12.1. The van der Waals surface area contributed by atoms with Crippen LogP contribution in [0.4, 0.5) is 0 Å². The normalized spacial score (nSPS) is 12.5. The lowest BCUT2D eigenvalue weighted by molar-refractivity contribution is 0.0842. The minimum atomic E-state index is -2.53. The highest BCUT2D eigenvalue weighted by molar-refractivity contribution is 6.66. The van der Waals surface area contributed by atoms with Gasteiger partial charge in [0.2, 0.25) is 0 Å². The van der Waals surface area contributed by atoms with E-state index >= 15 is 0 Å². The monoisotopic (exact) mass is 246 g/mol. The molecule has 0 fully saturated rings. The number of rotatable bonds is 10. The molecule has 0 atom stereocenters. The van der Waals surface area contributed by atoms with Crippen molar-refractivity contribution >= 4 is 8.80 Å². The van der Waals surface area contributed by atoms with Crippen LogP contribution in [0.15, 0.2) is 11.8 Å². The first-order valence-corrected chi connectivity index (χ1v) is 8.14. The van der Waals surface area contributed by atoms with Gasteiger partial charge in [-0.3, -0.25) is 0 Å². The Morgan fingerprint density at radius 1 is 0.875 bits per heavy atom. The fourth-order valence-corrected chi connectivity index (χ4v) is 3.62. The summed E-state index contributed by atoms with van der Waals surface area (Å²) in [6, 6.07) is 0. The first kappa shape index (κ1) is 15.8. The van der Waals surface area contributed by atoms with Gasteiger partial charge in [0.1, 0.15) is 0 Å². The number of unbranched alkanes of at least 4 members (excludes halogenated alkanes) is 2. The van der Waals surface area contributed by atoms with Crippen molar-refractivity contribution in [3.05, 3.63) is 11.8 Å². The molecule has 3 nitrogen and oxygen atoms in total. The molecule has 0 aliphatic heterocycles. The summed E-state index contributed by atoms with van der Waals surface area (Å²) in [4.78, 5) is 0.